The number of anilines is 1. The molecule has 3 aliphatic rings. The summed E-state index contributed by atoms with van der Waals surface area (Å²) in [6.45, 7) is 4.66. The molecule has 5 rings (SSSR count). The van der Waals surface area contributed by atoms with Crippen LogP contribution in [0.1, 0.15) is 54.8 Å². The van der Waals surface area contributed by atoms with Crippen molar-refractivity contribution < 1.29 is 9.53 Å². The van der Waals surface area contributed by atoms with Crippen LogP contribution in [-0.4, -0.2) is 56.2 Å². The first-order valence-electron chi connectivity index (χ1n) is 12.3. The number of piperazine rings is 1. The summed E-state index contributed by atoms with van der Waals surface area (Å²) < 4.78 is 5.76. The Kier molecular flexibility index (Phi) is 6.75. The largest absolute Gasteiger partial charge is 0.370 e. The van der Waals surface area contributed by atoms with Crippen molar-refractivity contribution in [2.24, 2.45) is 0 Å². The van der Waals surface area contributed by atoms with E-state index in [4.69, 9.17) is 4.74 Å². The minimum Gasteiger partial charge on any atom is -0.370 e. The minimum absolute atomic E-state index is 0.0380. The normalized spacial score (nSPS) is 21.2. The molecule has 0 aromatic heterocycles. The smallest absolute Gasteiger partial charge is 0.246 e. The molecule has 0 spiro atoms. The van der Waals surface area contributed by atoms with E-state index in [9.17, 15) is 4.79 Å². The Morgan fingerprint density at radius 1 is 0.969 bits per heavy atom. The number of rotatable bonds is 6. The Hall–Kier alpha value is -2.37. The van der Waals surface area contributed by atoms with E-state index in [0.29, 0.717) is 18.7 Å². The van der Waals surface area contributed by atoms with Crippen LogP contribution < -0.4 is 10.2 Å². The zero-order chi connectivity index (χ0) is 21.8. The Morgan fingerprint density at radius 3 is 2.62 bits per heavy atom. The molecule has 1 atom stereocenters. The summed E-state index contributed by atoms with van der Waals surface area (Å²) >= 11 is 0. The van der Waals surface area contributed by atoms with E-state index < -0.39 is 0 Å². The maximum atomic E-state index is 12.2. The number of ether oxygens (including phenoxy) is 1. The molecule has 1 amide bonds. The van der Waals surface area contributed by atoms with E-state index in [1.165, 1.54) is 41.6 Å². The standard InChI is InChI=1S/C27H35N3O2/c31-27(28-23-10-2-1-3-11-23)20-32-17-16-29-14-15-30-25-13-7-5-9-22(25)18-21-8-4-6-12-24(21)26(30)19-29/h4-9,12-13,23,26H,1-3,10-11,14-20H2,(H,28,31). The van der Waals surface area contributed by atoms with Crippen molar-refractivity contribution in [1.82, 2.24) is 10.2 Å². The third kappa shape index (κ3) is 4.84. The van der Waals surface area contributed by atoms with E-state index >= 15 is 0 Å². The number of fused-ring (bicyclic) bond motifs is 5. The Labute approximate surface area is 191 Å². The molecule has 5 heteroatoms. The van der Waals surface area contributed by atoms with Crippen molar-refractivity contribution in [2.45, 2.75) is 50.6 Å². The highest BCUT2D eigenvalue weighted by Gasteiger charge is 2.32. The van der Waals surface area contributed by atoms with E-state index in [2.05, 4.69) is 63.6 Å². The lowest BCUT2D eigenvalue weighted by atomic mass is 9.95. The number of nitrogens with one attached hydrogen (secondary N) is 1. The lowest BCUT2D eigenvalue weighted by Gasteiger charge is -2.43. The maximum Gasteiger partial charge on any atom is 0.246 e. The molecule has 2 fully saturated rings. The Bertz CT molecular complexity index is 925. The second kappa shape index (κ2) is 10.1. The number of carbonyl (C=O) groups excluding carboxylic acids is 1. The molecule has 32 heavy (non-hydrogen) atoms. The highest BCUT2D eigenvalue weighted by Crippen LogP contribution is 2.38. The molecule has 0 bridgehead atoms. The van der Waals surface area contributed by atoms with Gasteiger partial charge in [-0.05, 0) is 42.0 Å². The summed E-state index contributed by atoms with van der Waals surface area (Å²) in [6, 6.07) is 18.5. The van der Waals surface area contributed by atoms with Gasteiger partial charge in [-0.3, -0.25) is 9.69 Å². The Morgan fingerprint density at radius 2 is 1.75 bits per heavy atom. The van der Waals surface area contributed by atoms with E-state index in [-0.39, 0.29) is 12.5 Å². The van der Waals surface area contributed by atoms with Crippen LogP contribution in [0.4, 0.5) is 5.69 Å². The molecule has 2 aromatic carbocycles. The monoisotopic (exact) mass is 433 g/mol. The maximum absolute atomic E-state index is 12.2. The van der Waals surface area contributed by atoms with Gasteiger partial charge in [-0.2, -0.15) is 0 Å². The van der Waals surface area contributed by atoms with Crippen molar-refractivity contribution in [1.29, 1.82) is 0 Å². The van der Waals surface area contributed by atoms with Gasteiger partial charge in [-0.15, -0.1) is 0 Å². The molecular weight excluding hydrogens is 398 g/mol. The SMILES string of the molecule is O=C(COCCN1CCN2c3ccccc3Cc3ccccc3C2C1)NC1CCCCC1. The second-order valence-electron chi connectivity index (χ2n) is 9.47. The molecule has 2 aromatic rings. The second-order valence-corrected chi connectivity index (χ2v) is 9.47. The van der Waals surface area contributed by atoms with Gasteiger partial charge in [0.15, 0.2) is 0 Å². The van der Waals surface area contributed by atoms with Crippen LogP contribution in [0.25, 0.3) is 0 Å². The summed E-state index contributed by atoms with van der Waals surface area (Å²) in [5.41, 5.74) is 5.68. The Balaban J connectivity index is 1.17. The molecular formula is C27H35N3O2. The third-order valence-corrected chi connectivity index (χ3v) is 7.32. The van der Waals surface area contributed by atoms with Crippen molar-refractivity contribution in [3.8, 4) is 0 Å². The van der Waals surface area contributed by atoms with Crippen LogP contribution >= 0.6 is 0 Å². The number of hydrogen-bond acceptors (Lipinski definition) is 4. The molecule has 1 unspecified atom stereocenters. The van der Waals surface area contributed by atoms with Gasteiger partial charge in [0.25, 0.3) is 0 Å². The lowest BCUT2D eigenvalue weighted by molar-refractivity contribution is -0.126. The molecule has 2 aliphatic heterocycles. The summed E-state index contributed by atoms with van der Waals surface area (Å²) in [4.78, 5) is 17.3. The number of hydrogen-bond donors (Lipinski definition) is 1. The molecule has 170 valence electrons. The first kappa shape index (κ1) is 21.5. The van der Waals surface area contributed by atoms with Gasteiger partial charge in [0.05, 0.1) is 12.6 Å². The quantitative estimate of drug-likeness (QED) is 0.702. The number of nitrogens with zero attached hydrogens (tertiary/aromatic N) is 2. The minimum atomic E-state index is 0.0380. The van der Waals surface area contributed by atoms with Crippen LogP contribution in [0.5, 0.6) is 0 Å². The highest BCUT2D eigenvalue weighted by atomic mass is 16.5. The average Bonchev–Trinajstić information content (AvgIpc) is 2.97. The van der Waals surface area contributed by atoms with Gasteiger partial charge in [0.2, 0.25) is 5.91 Å². The molecule has 1 aliphatic carbocycles. The van der Waals surface area contributed by atoms with Crippen LogP contribution in [0.15, 0.2) is 48.5 Å². The highest BCUT2D eigenvalue weighted by molar-refractivity contribution is 5.77. The van der Waals surface area contributed by atoms with E-state index in [1.807, 2.05) is 0 Å². The fraction of sp³-hybridized carbons (Fsp3) is 0.519. The first-order chi connectivity index (χ1) is 15.8. The van der Waals surface area contributed by atoms with Crippen molar-refractivity contribution >= 4 is 11.6 Å². The molecule has 1 saturated heterocycles. The first-order valence-corrected chi connectivity index (χ1v) is 12.3. The number of benzene rings is 2. The molecule has 1 saturated carbocycles. The number of carbonyl (C=O) groups is 1. The van der Waals surface area contributed by atoms with Crippen molar-refractivity contribution in [2.75, 3.05) is 44.3 Å². The van der Waals surface area contributed by atoms with Crippen LogP contribution in [0.3, 0.4) is 0 Å². The average molecular weight is 434 g/mol. The van der Waals surface area contributed by atoms with Crippen molar-refractivity contribution in [3.05, 3.63) is 65.2 Å². The van der Waals surface area contributed by atoms with Crippen LogP contribution in [0, 0.1) is 0 Å². The van der Waals surface area contributed by atoms with Crippen molar-refractivity contribution in [3.63, 3.8) is 0 Å². The molecule has 0 radical (unpaired) electrons. The summed E-state index contributed by atoms with van der Waals surface area (Å²) in [6.07, 6.45) is 6.98. The number of amides is 1. The zero-order valence-electron chi connectivity index (χ0n) is 19.0. The summed E-state index contributed by atoms with van der Waals surface area (Å²) in [5, 5.41) is 3.14. The van der Waals surface area contributed by atoms with Gasteiger partial charge in [0.1, 0.15) is 6.61 Å². The fourth-order valence-corrected chi connectivity index (χ4v) is 5.64. The third-order valence-electron chi connectivity index (χ3n) is 7.32. The van der Waals surface area contributed by atoms with Gasteiger partial charge < -0.3 is 15.0 Å². The van der Waals surface area contributed by atoms with Gasteiger partial charge in [-0.1, -0.05) is 61.7 Å². The van der Waals surface area contributed by atoms with Gasteiger partial charge >= 0.3 is 0 Å². The van der Waals surface area contributed by atoms with E-state index in [1.54, 1.807) is 0 Å². The molecule has 2 heterocycles. The van der Waals surface area contributed by atoms with Crippen LogP contribution in [0.2, 0.25) is 0 Å². The number of para-hydroxylation sites is 1. The summed E-state index contributed by atoms with van der Waals surface area (Å²) in [5.74, 6) is 0.0380. The zero-order valence-corrected chi connectivity index (χ0v) is 19.0. The van der Waals surface area contributed by atoms with E-state index in [0.717, 1.165) is 45.4 Å². The van der Waals surface area contributed by atoms with Gasteiger partial charge in [0, 0.05) is 37.9 Å². The predicted molar refractivity (Wildman–Crippen MR) is 128 cm³/mol. The topological polar surface area (TPSA) is 44.8 Å². The fourth-order valence-electron chi connectivity index (χ4n) is 5.64. The lowest BCUT2D eigenvalue weighted by Crippen LogP contribution is -2.49. The van der Waals surface area contributed by atoms with Gasteiger partial charge in [-0.25, -0.2) is 0 Å². The molecule has 5 nitrogen and oxygen atoms in total. The predicted octanol–water partition coefficient (Wildman–Crippen LogP) is 3.92. The summed E-state index contributed by atoms with van der Waals surface area (Å²) in [7, 11) is 0. The van der Waals surface area contributed by atoms with Crippen LogP contribution in [-0.2, 0) is 16.0 Å². The molecule has 1 N–H and O–H groups in total.